The first-order valence-corrected chi connectivity index (χ1v) is 8.12. The molecule has 1 unspecified atom stereocenters. The summed E-state index contributed by atoms with van der Waals surface area (Å²) in [6.07, 6.45) is 3.99. The molecule has 1 fully saturated rings. The molecule has 3 nitrogen and oxygen atoms in total. The zero-order chi connectivity index (χ0) is 15.1. The van der Waals surface area contributed by atoms with Gasteiger partial charge in [-0.15, -0.1) is 0 Å². The van der Waals surface area contributed by atoms with Gasteiger partial charge >= 0.3 is 5.97 Å². The molecule has 0 spiro atoms. The standard InChI is InChI=1S/C16H14BrClO3/c1-2-21-16(20)12-5-9(8-3-4-8)10-7-14(18)13(17)6-11(10)15(12)19/h5-9H,2-4H2,1H3. The number of halogens is 2. The van der Waals surface area contributed by atoms with E-state index in [1.807, 2.05) is 6.07 Å². The normalized spacial score (nSPS) is 20.8. The average molecular weight is 370 g/mol. The Hall–Kier alpha value is -1.13. The molecule has 2 aliphatic carbocycles. The number of fused-ring (bicyclic) bond motifs is 1. The van der Waals surface area contributed by atoms with Crippen LogP contribution in [0.5, 0.6) is 0 Å². The molecule has 1 aromatic carbocycles. The number of rotatable bonds is 3. The summed E-state index contributed by atoms with van der Waals surface area (Å²) in [4.78, 5) is 24.6. The first-order valence-electron chi connectivity index (χ1n) is 6.95. The number of carbonyl (C=O) groups excluding carboxylic acids is 2. The van der Waals surface area contributed by atoms with Crippen LogP contribution in [0.15, 0.2) is 28.3 Å². The van der Waals surface area contributed by atoms with E-state index in [0.29, 0.717) is 21.0 Å². The molecule has 1 aromatic rings. The lowest BCUT2D eigenvalue weighted by molar-refractivity contribution is -0.138. The largest absolute Gasteiger partial charge is 0.462 e. The van der Waals surface area contributed by atoms with Crippen LogP contribution < -0.4 is 0 Å². The Morgan fingerprint density at radius 3 is 2.76 bits per heavy atom. The second-order valence-corrected chi connectivity index (χ2v) is 6.61. The zero-order valence-electron chi connectivity index (χ0n) is 11.5. The van der Waals surface area contributed by atoms with Gasteiger partial charge in [0.05, 0.1) is 11.6 Å². The van der Waals surface area contributed by atoms with Crippen molar-refractivity contribution in [2.75, 3.05) is 6.61 Å². The molecular weight excluding hydrogens is 356 g/mol. The van der Waals surface area contributed by atoms with Gasteiger partial charge in [-0.25, -0.2) is 4.79 Å². The van der Waals surface area contributed by atoms with Crippen LogP contribution in [0.1, 0.15) is 41.6 Å². The Balaban J connectivity index is 2.09. The summed E-state index contributed by atoms with van der Waals surface area (Å²) < 4.78 is 5.67. The van der Waals surface area contributed by atoms with Gasteiger partial charge in [-0.3, -0.25) is 4.79 Å². The van der Waals surface area contributed by atoms with Crippen molar-refractivity contribution in [1.29, 1.82) is 0 Å². The van der Waals surface area contributed by atoms with E-state index >= 15 is 0 Å². The van der Waals surface area contributed by atoms with Crippen molar-refractivity contribution in [3.63, 3.8) is 0 Å². The van der Waals surface area contributed by atoms with E-state index in [9.17, 15) is 9.59 Å². The Morgan fingerprint density at radius 2 is 2.14 bits per heavy atom. The van der Waals surface area contributed by atoms with Gasteiger partial charge in [0.25, 0.3) is 0 Å². The molecule has 21 heavy (non-hydrogen) atoms. The Bertz CT molecular complexity index is 662. The fourth-order valence-electron chi connectivity index (χ4n) is 2.74. The van der Waals surface area contributed by atoms with E-state index in [1.54, 1.807) is 19.1 Å². The maximum Gasteiger partial charge on any atom is 0.341 e. The molecule has 0 bridgehead atoms. The van der Waals surface area contributed by atoms with Crippen molar-refractivity contribution in [3.05, 3.63) is 44.4 Å². The molecule has 1 atom stereocenters. The topological polar surface area (TPSA) is 43.4 Å². The van der Waals surface area contributed by atoms with Gasteiger partial charge < -0.3 is 4.74 Å². The minimum absolute atomic E-state index is 0.0720. The number of carbonyl (C=O) groups is 2. The molecule has 0 radical (unpaired) electrons. The van der Waals surface area contributed by atoms with Gasteiger partial charge in [-0.2, -0.15) is 0 Å². The molecule has 3 rings (SSSR count). The fraction of sp³-hybridized carbons (Fsp3) is 0.375. The summed E-state index contributed by atoms with van der Waals surface area (Å²) in [6, 6.07) is 3.54. The minimum atomic E-state index is -0.537. The van der Waals surface area contributed by atoms with Crippen LogP contribution in [0.4, 0.5) is 0 Å². The quantitative estimate of drug-likeness (QED) is 0.590. The van der Waals surface area contributed by atoms with Crippen molar-refractivity contribution in [2.45, 2.75) is 25.7 Å². The molecule has 1 saturated carbocycles. The molecule has 0 N–H and O–H groups in total. The van der Waals surface area contributed by atoms with Crippen LogP contribution in [0.25, 0.3) is 0 Å². The number of ketones is 1. The first kappa shape index (κ1) is 14.8. The molecule has 0 aliphatic heterocycles. The van der Waals surface area contributed by atoms with Gasteiger partial charge in [-0.1, -0.05) is 17.7 Å². The number of Topliss-reactive ketones (excluding diaryl/α,β-unsaturated/α-hetero) is 1. The maximum absolute atomic E-state index is 12.6. The second kappa shape index (κ2) is 5.58. The van der Waals surface area contributed by atoms with Gasteiger partial charge in [-0.05, 0) is 59.3 Å². The average Bonchev–Trinajstić information content (AvgIpc) is 3.26. The van der Waals surface area contributed by atoms with Crippen LogP contribution in [-0.4, -0.2) is 18.4 Å². The highest BCUT2D eigenvalue weighted by molar-refractivity contribution is 9.10. The lowest BCUT2D eigenvalue weighted by atomic mass is 9.80. The van der Waals surface area contributed by atoms with E-state index in [1.165, 1.54) is 0 Å². The third kappa shape index (κ3) is 2.67. The SMILES string of the molecule is CCOC(=O)C1=CC(C2CC2)c2cc(Cl)c(Br)cc2C1=O. The summed E-state index contributed by atoms with van der Waals surface area (Å²) in [6.45, 7) is 1.99. The van der Waals surface area contributed by atoms with Crippen LogP contribution in [0.2, 0.25) is 5.02 Å². The molecule has 0 saturated heterocycles. The van der Waals surface area contributed by atoms with Crippen molar-refractivity contribution >= 4 is 39.3 Å². The first-order chi connectivity index (χ1) is 10.0. The van der Waals surface area contributed by atoms with Crippen LogP contribution in [0.3, 0.4) is 0 Å². The third-order valence-corrected chi connectivity index (χ3v) is 5.11. The van der Waals surface area contributed by atoms with E-state index < -0.39 is 5.97 Å². The molecule has 0 amide bonds. The fourth-order valence-corrected chi connectivity index (χ4v) is 3.26. The predicted molar refractivity (Wildman–Crippen MR) is 83.7 cm³/mol. The molecule has 0 heterocycles. The highest BCUT2D eigenvalue weighted by atomic mass is 79.9. The summed E-state index contributed by atoms with van der Waals surface area (Å²) in [5, 5.41) is 0.584. The van der Waals surface area contributed by atoms with Crippen molar-refractivity contribution in [3.8, 4) is 0 Å². The molecule has 2 aliphatic rings. The van der Waals surface area contributed by atoms with E-state index in [-0.39, 0.29) is 23.9 Å². The Kier molecular flexibility index (Phi) is 3.93. The Morgan fingerprint density at radius 1 is 1.43 bits per heavy atom. The minimum Gasteiger partial charge on any atom is -0.462 e. The number of esters is 1. The van der Waals surface area contributed by atoms with E-state index in [4.69, 9.17) is 16.3 Å². The lowest BCUT2D eigenvalue weighted by Crippen LogP contribution is -2.23. The number of ether oxygens (including phenoxy) is 1. The van der Waals surface area contributed by atoms with Gasteiger partial charge in [0.1, 0.15) is 5.57 Å². The second-order valence-electron chi connectivity index (χ2n) is 5.35. The smallest absolute Gasteiger partial charge is 0.341 e. The van der Waals surface area contributed by atoms with Gasteiger partial charge in [0.15, 0.2) is 5.78 Å². The third-order valence-electron chi connectivity index (χ3n) is 3.91. The number of allylic oxidation sites excluding steroid dienone is 1. The summed E-state index contributed by atoms with van der Waals surface area (Å²) >= 11 is 9.50. The predicted octanol–water partition coefficient (Wildman–Crippen LogP) is 4.28. The molecule has 0 aromatic heterocycles. The molecule has 5 heteroatoms. The van der Waals surface area contributed by atoms with E-state index in [2.05, 4.69) is 15.9 Å². The summed E-state index contributed by atoms with van der Waals surface area (Å²) in [7, 11) is 0. The number of benzene rings is 1. The number of hydrogen-bond acceptors (Lipinski definition) is 3. The van der Waals surface area contributed by atoms with Crippen molar-refractivity contribution < 1.29 is 14.3 Å². The van der Waals surface area contributed by atoms with Crippen molar-refractivity contribution in [1.82, 2.24) is 0 Å². The summed E-state index contributed by atoms with van der Waals surface area (Å²) in [5.41, 5.74) is 1.62. The molecule has 110 valence electrons. The maximum atomic E-state index is 12.6. The highest BCUT2D eigenvalue weighted by Crippen LogP contribution is 2.48. The lowest BCUT2D eigenvalue weighted by Gasteiger charge is -2.23. The monoisotopic (exact) mass is 368 g/mol. The Labute approximate surface area is 136 Å². The van der Waals surface area contributed by atoms with Crippen molar-refractivity contribution in [2.24, 2.45) is 5.92 Å². The van der Waals surface area contributed by atoms with Crippen LogP contribution >= 0.6 is 27.5 Å². The van der Waals surface area contributed by atoms with Gasteiger partial charge in [0.2, 0.25) is 0 Å². The zero-order valence-corrected chi connectivity index (χ0v) is 13.8. The number of hydrogen-bond donors (Lipinski definition) is 0. The van der Waals surface area contributed by atoms with Gasteiger partial charge in [0, 0.05) is 16.0 Å². The molecular formula is C16H14BrClO3. The summed E-state index contributed by atoms with van der Waals surface area (Å²) in [5.74, 6) is -0.260. The van der Waals surface area contributed by atoms with E-state index in [0.717, 1.165) is 18.4 Å². The van der Waals surface area contributed by atoms with Crippen LogP contribution in [-0.2, 0) is 9.53 Å². The van der Waals surface area contributed by atoms with Crippen LogP contribution in [0, 0.1) is 5.92 Å². The highest BCUT2D eigenvalue weighted by Gasteiger charge is 2.39.